The number of ether oxygens (including phenoxy) is 1. The van der Waals surface area contributed by atoms with Gasteiger partial charge < -0.3 is 14.9 Å². The molecule has 0 spiro atoms. The van der Waals surface area contributed by atoms with Crippen LogP contribution in [0.4, 0.5) is 0 Å². The number of aliphatic carboxylic acids is 1. The standard InChI is InChI=1S/C26H38O6/c1-15(2)32-23(30)18-14-16-13-17(27)5-9-24(16,3)19-6-10-25(4)20(22(18)19)7-11-26(25,31)12-8-21(28)29/h13,15,18-20,22,31H,5-12,14H2,1-4H3,(H,28,29)/t18?,19?,20?,22?,24-,25-,26+/m0/s1. The van der Waals surface area contributed by atoms with E-state index in [2.05, 4.69) is 13.8 Å². The predicted molar refractivity (Wildman–Crippen MR) is 119 cm³/mol. The Bertz CT molecular complexity index is 845. The first kappa shape index (κ1) is 23.5. The Labute approximate surface area is 190 Å². The molecule has 0 saturated heterocycles. The number of rotatable bonds is 5. The second-order valence-corrected chi connectivity index (χ2v) is 11.6. The van der Waals surface area contributed by atoms with Crippen LogP contribution in [0.3, 0.4) is 0 Å². The maximum Gasteiger partial charge on any atom is 0.309 e. The number of allylic oxidation sites excluding steroid dienone is 1. The number of carboxylic acid groups (broad SMARTS) is 1. The van der Waals surface area contributed by atoms with Gasteiger partial charge >= 0.3 is 11.9 Å². The van der Waals surface area contributed by atoms with Crippen LogP contribution in [0.2, 0.25) is 0 Å². The van der Waals surface area contributed by atoms with E-state index in [1.54, 1.807) is 6.08 Å². The van der Waals surface area contributed by atoms with Crippen molar-refractivity contribution in [3.8, 4) is 0 Å². The van der Waals surface area contributed by atoms with Crippen molar-refractivity contribution >= 4 is 17.7 Å². The first-order valence-electron chi connectivity index (χ1n) is 12.3. The third-order valence-corrected chi connectivity index (χ3v) is 9.74. The molecule has 7 atom stereocenters. The Morgan fingerprint density at radius 3 is 2.50 bits per heavy atom. The summed E-state index contributed by atoms with van der Waals surface area (Å²) in [5.74, 6) is -0.767. The fraction of sp³-hybridized carbons (Fsp3) is 0.808. The molecule has 0 aromatic carbocycles. The molecular formula is C26H38O6. The lowest BCUT2D eigenvalue weighted by molar-refractivity contribution is -0.173. The summed E-state index contributed by atoms with van der Waals surface area (Å²) in [7, 11) is 0. The highest BCUT2D eigenvalue weighted by Crippen LogP contribution is 2.69. The van der Waals surface area contributed by atoms with Gasteiger partial charge in [0.15, 0.2) is 5.78 Å². The number of carbonyl (C=O) groups excluding carboxylic acids is 2. The second-order valence-electron chi connectivity index (χ2n) is 11.6. The summed E-state index contributed by atoms with van der Waals surface area (Å²) in [6.45, 7) is 8.10. The summed E-state index contributed by atoms with van der Waals surface area (Å²) >= 11 is 0. The van der Waals surface area contributed by atoms with Crippen molar-refractivity contribution in [2.75, 3.05) is 0 Å². The van der Waals surface area contributed by atoms with Gasteiger partial charge in [-0.25, -0.2) is 0 Å². The number of carboxylic acids is 1. The molecule has 4 rings (SSSR count). The van der Waals surface area contributed by atoms with Gasteiger partial charge in [-0.3, -0.25) is 14.4 Å². The van der Waals surface area contributed by atoms with E-state index in [-0.39, 0.29) is 59.8 Å². The molecule has 0 aliphatic heterocycles. The normalized spacial score (nSPS) is 43.2. The molecule has 4 aliphatic carbocycles. The molecule has 32 heavy (non-hydrogen) atoms. The smallest absolute Gasteiger partial charge is 0.309 e. The summed E-state index contributed by atoms with van der Waals surface area (Å²) < 4.78 is 5.70. The van der Waals surface area contributed by atoms with E-state index in [0.29, 0.717) is 19.3 Å². The van der Waals surface area contributed by atoms with Crippen molar-refractivity contribution < 1.29 is 29.3 Å². The minimum Gasteiger partial charge on any atom is -0.481 e. The van der Waals surface area contributed by atoms with Gasteiger partial charge in [-0.1, -0.05) is 19.4 Å². The molecule has 178 valence electrons. The summed E-state index contributed by atoms with van der Waals surface area (Å²) in [6.07, 6.45) is 6.79. The van der Waals surface area contributed by atoms with Gasteiger partial charge in [0.05, 0.1) is 17.6 Å². The second kappa shape index (κ2) is 7.96. The van der Waals surface area contributed by atoms with E-state index in [4.69, 9.17) is 4.74 Å². The average Bonchev–Trinajstić information content (AvgIpc) is 2.97. The molecule has 2 N–H and O–H groups in total. The maximum absolute atomic E-state index is 13.3. The zero-order chi connectivity index (χ0) is 23.5. The van der Waals surface area contributed by atoms with Crippen LogP contribution in [-0.4, -0.2) is 39.6 Å². The van der Waals surface area contributed by atoms with E-state index in [1.807, 2.05) is 13.8 Å². The SMILES string of the molecule is CC(C)OC(=O)C1CC2=CC(=O)CC[C@]2(C)C2CC[C@@]3(C)C(CC[C@@]3(O)CCC(=O)O)C12. The zero-order valence-corrected chi connectivity index (χ0v) is 19.9. The number of hydrogen-bond donors (Lipinski definition) is 2. The van der Waals surface area contributed by atoms with E-state index in [9.17, 15) is 24.6 Å². The number of ketones is 1. The highest BCUT2D eigenvalue weighted by Gasteiger charge is 2.66. The van der Waals surface area contributed by atoms with Crippen molar-refractivity contribution in [3.05, 3.63) is 11.6 Å². The molecule has 3 saturated carbocycles. The van der Waals surface area contributed by atoms with Crippen LogP contribution in [0.1, 0.15) is 85.5 Å². The summed E-state index contributed by atoms with van der Waals surface area (Å²) in [5.41, 5.74) is -0.436. The molecule has 4 aliphatic rings. The number of hydrogen-bond acceptors (Lipinski definition) is 5. The Kier molecular flexibility index (Phi) is 5.84. The van der Waals surface area contributed by atoms with Crippen LogP contribution < -0.4 is 0 Å². The lowest BCUT2D eigenvalue weighted by atomic mass is 9.44. The van der Waals surface area contributed by atoms with Crippen molar-refractivity contribution in [2.24, 2.45) is 34.5 Å². The third kappa shape index (κ3) is 3.53. The Morgan fingerprint density at radius 2 is 1.84 bits per heavy atom. The van der Waals surface area contributed by atoms with E-state index in [1.165, 1.54) is 0 Å². The fourth-order valence-corrected chi connectivity index (χ4v) is 7.96. The van der Waals surface area contributed by atoms with E-state index in [0.717, 1.165) is 31.3 Å². The van der Waals surface area contributed by atoms with Crippen LogP contribution >= 0.6 is 0 Å². The van der Waals surface area contributed by atoms with E-state index >= 15 is 0 Å². The monoisotopic (exact) mass is 446 g/mol. The highest BCUT2D eigenvalue weighted by atomic mass is 16.5. The molecule has 0 amide bonds. The van der Waals surface area contributed by atoms with Gasteiger partial charge in [-0.15, -0.1) is 0 Å². The predicted octanol–water partition coefficient (Wildman–Crippen LogP) is 4.29. The van der Waals surface area contributed by atoms with Gasteiger partial charge in [-0.05, 0) is 93.5 Å². The minimum atomic E-state index is -1.02. The molecule has 0 aromatic rings. The van der Waals surface area contributed by atoms with Crippen LogP contribution in [0.5, 0.6) is 0 Å². The number of aliphatic hydroxyl groups is 1. The first-order chi connectivity index (χ1) is 14.9. The Hall–Kier alpha value is -1.69. The molecule has 3 fully saturated rings. The minimum absolute atomic E-state index is 0.0432. The molecule has 0 radical (unpaired) electrons. The topological polar surface area (TPSA) is 101 Å². The molecule has 6 heteroatoms. The van der Waals surface area contributed by atoms with Gasteiger partial charge in [0.1, 0.15) is 0 Å². The summed E-state index contributed by atoms with van der Waals surface area (Å²) in [4.78, 5) is 36.8. The van der Waals surface area contributed by atoms with E-state index < -0.39 is 17.0 Å². The Morgan fingerprint density at radius 1 is 1.16 bits per heavy atom. The third-order valence-electron chi connectivity index (χ3n) is 9.74. The van der Waals surface area contributed by atoms with Gasteiger partial charge in [0, 0.05) is 12.8 Å². The lowest BCUT2D eigenvalue weighted by Gasteiger charge is -2.60. The molecule has 0 aromatic heterocycles. The number of fused-ring (bicyclic) bond motifs is 5. The Balaban J connectivity index is 1.73. The van der Waals surface area contributed by atoms with Crippen LogP contribution in [0.25, 0.3) is 0 Å². The van der Waals surface area contributed by atoms with Crippen molar-refractivity contribution in [1.29, 1.82) is 0 Å². The largest absolute Gasteiger partial charge is 0.481 e. The van der Waals surface area contributed by atoms with Crippen molar-refractivity contribution in [2.45, 2.75) is 97.2 Å². The highest BCUT2D eigenvalue weighted by molar-refractivity contribution is 5.92. The van der Waals surface area contributed by atoms with Crippen LogP contribution in [0, 0.1) is 34.5 Å². The molecule has 0 bridgehead atoms. The van der Waals surface area contributed by atoms with Gasteiger partial charge in [0.2, 0.25) is 0 Å². The summed E-state index contributed by atoms with van der Waals surface area (Å²) in [6, 6.07) is 0. The molecule has 4 unspecified atom stereocenters. The number of esters is 1. The molecule has 6 nitrogen and oxygen atoms in total. The van der Waals surface area contributed by atoms with Crippen LogP contribution in [0.15, 0.2) is 11.6 Å². The van der Waals surface area contributed by atoms with Crippen LogP contribution in [-0.2, 0) is 19.1 Å². The molecular weight excluding hydrogens is 408 g/mol. The maximum atomic E-state index is 13.3. The van der Waals surface area contributed by atoms with Crippen molar-refractivity contribution in [3.63, 3.8) is 0 Å². The zero-order valence-electron chi connectivity index (χ0n) is 19.9. The average molecular weight is 447 g/mol. The lowest BCUT2D eigenvalue weighted by Crippen LogP contribution is -2.58. The first-order valence-corrected chi connectivity index (χ1v) is 12.3. The van der Waals surface area contributed by atoms with Gasteiger partial charge in [-0.2, -0.15) is 0 Å². The number of carbonyl (C=O) groups is 3. The molecule has 0 heterocycles. The quantitative estimate of drug-likeness (QED) is 0.611. The van der Waals surface area contributed by atoms with Crippen molar-refractivity contribution in [1.82, 2.24) is 0 Å². The van der Waals surface area contributed by atoms with Gasteiger partial charge in [0.25, 0.3) is 0 Å². The fourth-order valence-electron chi connectivity index (χ4n) is 7.96. The summed E-state index contributed by atoms with van der Waals surface area (Å²) in [5, 5.41) is 20.9.